The molecule has 2 atom stereocenters. The minimum absolute atomic E-state index is 0.0447. The average molecular weight is 564 g/mol. The number of amides is 1. The first-order chi connectivity index (χ1) is 20.0. The molecule has 0 radical (unpaired) electrons. The highest BCUT2D eigenvalue weighted by Gasteiger charge is 2.41. The van der Waals surface area contributed by atoms with Gasteiger partial charge in [-0.1, -0.05) is 54.6 Å². The van der Waals surface area contributed by atoms with Crippen LogP contribution in [-0.4, -0.2) is 32.4 Å². The van der Waals surface area contributed by atoms with Gasteiger partial charge < -0.3 is 20.0 Å². The first-order valence-electron chi connectivity index (χ1n) is 13.1. The lowest BCUT2D eigenvalue weighted by Crippen LogP contribution is -2.32. The minimum atomic E-state index is -0.431. The molecule has 6 rings (SSSR count). The standard InChI is InChI=1S/C31H25N5O4S/c37-28(33-23-13-7-9-20-8-1-2-10-21(20)23)17-19-35-30(29(34-31(35)41)24-12-5-6-18-32-24)27-16-15-26(40-27)22-11-3-4-14-25(22)36(38)39/h1-16,18,29-30H,17,19H2,(H,33,37)(H,34,41)/t29-,30-/m0/s1. The highest BCUT2D eigenvalue weighted by molar-refractivity contribution is 7.80. The number of carbonyl (C=O) groups is 1. The fourth-order valence-corrected chi connectivity index (χ4v) is 5.55. The first-order valence-corrected chi connectivity index (χ1v) is 13.5. The van der Waals surface area contributed by atoms with E-state index in [-0.39, 0.29) is 24.1 Å². The van der Waals surface area contributed by atoms with E-state index >= 15 is 0 Å². The second-order valence-corrected chi connectivity index (χ2v) is 10.0. The van der Waals surface area contributed by atoms with Gasteiger partial charge in [0.25, 0.3) is 5.69 Å². The number of carbonyl (C=O) groups excluding carboxylic acids is 1. The Labute approximate surface area is 241 Å². The molecule has 1 aliphatic heterocycles. The Morgan fingerprint density at radius 3 is 2.61 bits per heavy atom. The number of thiocarbonyl (C=S) groups is 1. The van der Waals surface area contributed by atoms with Crippen LogP contribution in [0.1, 0.15) is 30.0 Å². The highest BCUT2D eigenvalue weighted by Crippen LogP contribution is 2.41. The summed E-state index contributed by atoms with van der Waals surface area (Å²) in [5.41, 5.74) is 1.84. The normalized spacial score (nSPS) is 16.5. The molecule has 3 heterocycles. The van der Waals surface area contributed by atoms with Crippen LogP contribution in [-0.2, 0) is 4.79 Å². The number of nitrogens with zero attached hydrogens (tertiary/aromatic N) is 3. The van der Waals surface area contributed by atoms with E-state index in [1.54, 1.807) is 36.5 Å². The van der Waals surface area contributed by atoms with E-state index in [2.05, 4.69) is 15.6 Å². The van der Waals surface area contributed by atoms with Crippen LogP contribution in [0.2, 0.25) is 0 Å². The summed E-state index contributed by atoms with van der Waals surface area (Å²) >= 11 is 5.72. The van der Waals surface area contributed by atoms with Gasteiger partial charge in [0.15, 0.2) is 5.11 Å². The summed E-state index contributed by atoms with van der Waals surface area (Å²) in [5, 5.41) is 20.5. The summed E-state index contributed by atoms with van der Waals surface area (Å²) in [6.45, 7) is 0.317. The van der Waals surface area contributed by atoms with E-state index in [4.69, 9.17) is 16.6 Å². The Morgan fingerprint density at radius 1 is 1.00 bits per heavy atom. The van der Waals surface area contributed by atoms with Gasteiger partial charge in [0.05, 0.1) is 22.2 Å². The number of nitro groups is 1. The van der Waals surface area contributed by atoms with E-state index in [1.165, 1.54) is 6.07 Å². The summed E-state index contributed by atoms with van der Waals surface area (Å²) in [5.74, 6) is 0.776. The first kappa shape index (κ1) is 26.1. The summed E-state index contributed by atoms with van der Waals surface area (Å²) in [6, 6.07) is 28.5. The van der Waals surface area contributed by atoms with E-state index in [0.29, 0.717) is 28.7 Å². The zero-order valence-corrected chi connectivity index (χ0v) is 22.6. The van der Waals surface area contributed by atoms with Crippen LogP contribution in [0.15, 0.2) is 108 Å². The lowest BCUT2D eigenvalue weighted by molar-refractivity contribution is -0.384. The number of para-hydroxylation sites is 1. The molecule has 10 heteroatoms. The number of furan rings is 1. The molecule has 5 aromatic rings. The number of hydrogen-bond acceptors (Lipinski definition) is 6. The Kier molecular flexibility index (Phi) is 7.13. The van der Waals surface area contributed by atoms with Gasteiger partial charge in [-0.05, 0) is 54.0 Å². The maximum absolute atomic E-state index is 13.1. The lowest BCUT2D eigenvalue weighted by atomic mass is 10.0. The number of aromatic nitrogens is 1. The summed E-state index contributed by atoms with van der Waals surface area (Å²) in [4.78, 5) is 30.7. The van der Waals surface area contributed by atoms with Gasteiger partial charge in [0, 0.05) is 36.3 Å². The van der Waals surface area contributed by atoms with Crippen LogP contribution < -0.4 is 10.6 Å². The second-order valence-electron chi connectivity index (χ2n) is 9.62. The minimum Gasteiger partial charge on any atom is -0.459 e. The van der Waals surface area contributed by atoms with E-state index in [0.717, 1.165) is 22.2 Å². The number of benzene rings is 3. The SMILES string of the molecule is O=C(CCN1C(=S)N[C@@H](c2ccccn2)[C@@H]1c1ccc(-c2ccccc2[N+](=O)[O-])o1)Nc1cccc2ccccc12. The fraction of sp³-hybridized carbons (Fsp3) is 0.129. The third-order valence-electron chi connectivity index (χ3n) is 7.13. The summed E-state index contributed by atoms with van der Waals surface area (Å²) < 4.78 is 6.25. The molecule has 0 bridgehead atoms. The Hall–Kier alpha value is -5.09. The topological polar surface area (TPSA) is 114 Å². The molecule has 2 aromatic heterocycles. The number of fused-ring (bicyclic) bond motifs is 1. The smallest absolute Gasteiger partial charge is 0.280 e. The molecule has 1 saturated heterocycles. The molecule has 9 nitrogen and oxygen atoms in total. The average Bonchev–Trinajstić information content (AvgIpc) is 3.61. The molecule has 0 unspecified atom stereocenters. The molecule has 1 amide bonds. The highest BCUT2D eigenvalue weighted by atomic mass is 32.1. The van der Waals surface area contributed by atoms with Gasteiger partial charge in [0.2, 0.25) is 5.91 Å². The Morgan fingerprint density at radius 2 is 1.78 bits per heavy atom. The third-order valence-corrected chi connectivity index (χ3v) is 7.48. The predicted molar refractivity (Wildman–Crippen MR) is 160 cm³/mol. The van der Waals surface area contributed by atoms with Crippen molar-refractivity contribution in [2.75, 3.05) is 11.9 Å². The number of pyridine rings is 1. The summed E-state index contributed by atoms with van der Waals surface area (Å²) in [6.07, 6.45) is 1.88. The van der Waals surface area contributed by atoms with Gasteiger partial charge in [0.1, 0.15) is 17.6 Å². The largest absolute Gasteiger partial charge is 0.459 e. The van der Waals surface area contributed by atoms with Crippen LogP contribution in [0.4, 0.5) is 11.4 Å². The van der Waals surface area contributed by atoms with Gasteiger partial charge >= 0.3 is 0 Å². The lowest BCUT2D eigenvalue weighted by Gasteiger charge is -2.26. The van der Waals surface area contributed by atoms with Crippen molar-refractivity contribution in [3.05, 3.63) is 125 Å². The molecule has 1 fully saturated rings. The molecular formula is C31H25N5O4S. The van der Waals surface area contributed by atoms with Crippen molar-refractivity contribution >= 4 is 45.4 Å². The monoisotopic (exact) mass is 563 g/mol. The number of nitro benzene ring substituents is 1. The van der Waals surface area contributed by atoms with Crippen molar-refractivity contribution in [1.29, 1.82) is 0 Å². The zero-order valence-electron chi connectivity index (χ0n) is 21.8. The molecule has 3 aromatic carbocycles. The molecule has 0 aliphatic carbocycles. The van der Waals surface area contributed by atoms with Crippen LogP contribution >= 0.6 is 12.2 Å². The molecule has 0 spiro atoms. The molecule has 1 aliphatic rings. The Bertz CT molecular complexity index is 1750. The quantitative estimate of drug-likeness (QED) is 0.127. The van der Waals surface area contributed by atoms with Crippen LogP contribution in [0.25, 0.3) is 22.1 Å². The van der Waals surface area contributed by atoms with E-state index < -0.39 is 11.0 Å². The number of anilines is 1. The van der Waals surface area contributed by atoms with Gasteiger partial charge in [-0.2, -0.15) is 0 Å². The van der Waals surface area contributed by atoms with E-state index in [1.807, 2.05) is 65.6 Å². The number of rotatable bonds is 8. The second kappa shape index (κ2) is 11.2. The van der Waals surface area contributed by atoms with Gasteiger partial charge in [-0.15, -0.1) is 0 Å². The van der Waals surface area contributed by atoms with Crippen molar-refractivity contribution in [2.24, 2.45) is 0 Å². The third kappa shape index (κ3) is 5.24. The molecule has 204 valence electrons. The van der Waals surface area contributed by atoms with Crippen molar-refractivity contribution in [3.8, 4) is 11.3 Å². The van der Waals surface area contributed by atoms with Crippen molar-refractivity contribution in [2.45, 2.75) is 18.5 Å². The zero-order chi connectivity index (χ0) is 28.3. The molecule has 0 saturated carbocycles. The Balaban J connectivity index is 1.28. The van der Waals surface area contributed by atoms with Gasteiger partial charge in [-0.3, -0.25) is 19.9 Å². The molecular weight excluding hydrogens is 538 g/mol. The van der Waals surface area contributed by atoms with Gasteiger partial charge in [-0.25, -0.2) is 0 Å². The van der Waals surface area contributed by atoms with Crippen molar-refractivity contribution < 1.29 is 14.1 Å². The van der Waals surface area contributed by atoms with Crippen LogP contribution in [0.3, 0.4) is 0 Å². The van der Waals surface area contributed by atoms with Crippen LogP contribution in [0.5, 0.6) is 0 Å². The molecule has 2 N–H and O–H groups in total. The van der Waals surface area contributed by atoms with Crippen molar-refractivity contribution in [3.63, 3.8) is 0 Å². The number of hydrogen-bond donors (Lipinski definition) is 2. The summed E-state index contributed by atoms with van der Waals surface area (Å²) in [7, 11) is 0. The molecule has 41 heavy (non-hydrogen) atoms. The fourth-order valence-electron chi connectivity index (χ4n) is 5.22. The van der Waals surface area contributed by atoms with E-state index in [9.17, 15) is 14.9 Å². The number of nitrogens with one attached hydrogen (secondary N) is 2. The maximum atomic E-state index is 13.1. The van der Waals surface area contributed by atoms with Crippen LogP contribution in [0, 0.1) is 10.1 Å². The van der Waals surface area contributed by atoms with Crippen molar-refractivity contribution in [1.82, 2.24) is 15.2 Å². The maximum Gasteiger partial charge on any atom is 0.280 e. The predicted octanol–water partition coefficient (Wildman–Crippen LogP) is 6.40.